The molecule has 0 spiro atoms. The van der Waals surface area contributed by atoms with E-state index in [0.29, 0.717) is 16.8 Å². The summed E-state index contributed by atoms with van der Waals surface area (Å²) in [6.07, 6.45) is -1.01. The number of esters is 1. The molecule has 0 saturated heterocycles. The zero-order valence-electron chi connectivity index (χ0n) is 18.4. The predicted octanol–water partition coefficient (Wildman–Crippen LogP) is 3.44. The molecular weight excluding hydrogens is 396 g/mol. The van der Waals surface area contributed by atoms with Gasteiger partial charge in [0.05, 0.1) is 0 Å². The third kappa shape index (κ3) is 7.06. The summed E-state index contributed by atoms with van der Waals surface area (Å²) in [5, 5.41) is 5.25. The monoisotopic (exact) mass is 424 g/mol. The van der Waals surface area contributed by atoms with Crippen molar-refractivity contribution in [3.63, 3.8) is 0 Å². The first-order chi connectivity index (χ1) is 14.6. The van der Waals surface area contributed by atoms with Gasteiger partial charge in [-0.05, 0) is 57.2 Å². The molecule has 0 aliphatic rings. The number of carbonyl (C=O) groups excluding carboxylic acids is 4. The molecule has 0 aromatic heterocycles. The average molecular weight is 424 g/mol. The lowest BCUT2D eigenvalue weighted by Crippen LogP contribution is -2.34. The van der Waals surface area contributed by atoms with Crippen LogP contribution in [-0.2, 0) is 14.3 Å². The lowest BCUT2D eigenvalue weighted by Gasteiger charge is -2.14. The Balaban J connectivity index is 1.88. The summed E-state index contributed by atoms with van der Waals surface area (Å²) >= 11 is 0. The summed E-state index contributed by atoms with van der Waals surface area (Å²) in [5.41, 5.74) is 3.28. The number of rotatable bonds is 8. The average Bonchev–Trinajstić information content (AvgIpc) is 2.71. The smallest absolute Gasteiger partial charge is 0.326 e. The third-order valence-corrected chi connectivity index (χ3v) is 4.52. The van der Waals surface area contributed by atoms with Crippen LogP contribution in [0.15, 0.2) is 42.5 Å². The van der Waals surface area contributed by atoms with E-state index >= 15 is 0 Å². The molecule has 1 atom stereocenters. The molecule has 0 fully saturated rings. The second-order valence-corrected chi connectivity index (χ2v) is 7.78. The van der Waals surface area contributed by atoms with Gasteiger partial charge >= 0.3 is 5.97 Å². The van der Waals surface area contributed by atoms with Crippen molar-refractivity contribution >= 4 is 29.3 Å². The van der Waals surface area contributed by atoms with E-state index in [0.717, 1.165) is 11.1 Å². The molecule has 2 rings (SSSR count). The molecule has 2 N–H and O–H groups in total. The summed E-state index contributed by atoms with van der Waals surface area (Å²) in [6, 6.07) is 11.8. The summed E-state index contributed by atoms with van der Waals surface area (Å²) in [5.74, 6) is -1.75. The van der Waals surface area contributed by atoms with Gasteiger partial charge in [-0.3, -0.25) is 19.2 Å². The topological polar surface area (TPSA) is 102 Å². The van der Waals surface area contributed by atoms with Gasteiger partial charge in [-0.25, -0.2) is 0 Å². The van der Waals surface area contributed by atoms with Gasteiger partial charge in [-0.1, -0.05) is 31.0 Å². The molecule has 0 aliphatic carbocycles. The van der Waals surface area contributed by atoms with Crippen LogP contribution in [0.2, 0.25) is 0 Å². The van der Waals surface area contributed by atoms with E-state index in [1.807, 2.05) is 19.9 Å². The molecule has 0 saturated carbocycles. The predicted molar refractivity (Wildman–Crippen MR) is 118 cm³/mol. The quantitative estimate of drug-likeness (QED) is 0.499. The molecule has 0 heterocycles. The van der Waals surface area contributed by atoms with Crippen molar-refractivity contribution in [2.24, 2.45) is 5.92 Å². The second kappa shape index (κ2) is 10.5. The Morgan fingerprint density at radius 1 is 0.871 bits per heavy atom. The number of anilines is 1. The van der Waals surface area contributed by atoms with Gasteiger partial charge in [-0.15, -0.1) is 0 Å². The summed E-state index contributed by atoms with van der Waals surface area (Å²) in [6.45, 7) is 8.47. The maximum Gasteiger partial charge on any atom is 0.326 e. The number of hydrogen-bond donors (Lipinski definition) is 2. The van der Waals surface area contributed by atoms with Crippen molar-refractivity contribution < 1.29 is 23.9 Å². The van der Waals surface area contributed by atoms with E-state index in [1.54, 1.807) is 50.2 Å². The number of ether oxygens (including phenoxy) is 1. The zero-order chi connectivity index (χ0) is 23.1. The minimum absolute atomic E-state index is 0.121. The van der Waals surface area contributed by atoms with E-state index in [9.17, 15) is 19.2 Å². The van der Waals surface area contributed by atoms with Crippen LogP contribution >= 0.6 is 0 Å². The minimum atomic E-state index is -1.01. The highest BCUT2D eigenvalue weighted by Crippen LogP contribution is 2.14. The highest BCUT2D eigenvalue weighted by molar-refractivity contribution is 6.01. The maximum absolute atomic E-state index is 12.5. The number of hydrogen-bond acceptors (Lipinski definition) is 5. The normalized spacial score (nSPS) is 11.5. The molecule has 164 valence electrons. The Morgan fingerprint density at radius 2 is 1.45 bits per heavy atom. The first kappa shape index (κ1) is 23.8. The van der Waals surface area contributed by atoms with Crippen molar-refractivity contribution in [3.05, 3.63) is 64.7 Å². The lowest BCUT2D eigenvalue weighted by molar-refractivity contribution is -0.145. The molecule has 1 unspecified atom stereocenters. The second-order valence-electron chi connectivity index (χ2n) is 7.78. The van der Waals surface area contributed by atoms with Gasteiger partial charge in [-0.2, -0.15) is 0 Å². The molecule has 2 aromatic carbocycles. The van der Waals surface area contributed by atoms with Gasteiger partial charge in [0.2, 0.25) is 11.7 Å². The fourth-order valence-electron chi connectivity index (χ4n) is 2.89. The van der Waals surface area contributed by atoms with Crippen LogP contribution in [0.25, 0.3) is 0 Å². The fraction of sp³-hybridized carbons (Fsp3) is 0.333. The number of benzene rings is 2. The first-order valence-electron chi connectivity index (χ1n) is 10.1. The van der Waals surface area contributed by atoms with E-state index in [4.69, 9.17) is 4.74 Å². The van der Waals surface area contributed by atoms with Crippen molar-refractivity contribution in [3.8, 4) is 0 Å². The van der Waals surface area contributed by atoms with Crippen LogP contribution in [0.1, 0.15) is 52.6 Å². The Labute approximate surface area is 182 Å². The molecular formula is C24H28N2O5. The van der Waals surface area contributed by atoms with Crippen LogP contribution in [0, 0.1) is 19.8 Å². The third-order valence-electron chi connectivity index (χ3n) is 4.52. The van der Waals surface area contributed by atoms with E-state index < -0.39 is 12.1 Å². The van der Waals surface area contributed by atoms with Crippen LogP contribution in [0.4, 0.5) is 5.69 Å². The number of Topliss-reactive ketones (excluding diaryl/α,β-unsaturated/α-hetero) is 1. The number of amides is 2. The van der Waals surface area contributed by atoms with Gasteiger partial charge in [0.25, 0.3) is 5.91 Å². The van der Waals surface area contributed by atoms with Crippen LogP contribution in [0.5, 0.6) is 0 Å². The van der Waals surface area contributed by atoms with E-state index in [-0.39, 0.29) is 30.1 Å². The summed E-state index contributed by atoms with van der Waals surface area (Å²) in [7, 11) is 0. The summed E-state index contributed by atoms with van der Waals surface area (Å²) < 4.78 is 5.15. The van der Waals surface area contributed by atoms with Crippen molar-refractivity contribution in [1.29, 1.82) is 0 Å². The SMILES string of the molecule is Cc1cc(C)cc(C(=O)NCC(=O)OC(C)C(=O)c2ccc(NC(=O)C(C)C)cc2)c1. The van der Waals surface area contributed by atoms with Crippen LogP contribution < -0.4 is 10.6 Å². The Kier molecular flexibility index (Phi) is 8.07. The van der Waals surface area contributed by atoms with Gasteiger partial charge < -0.3 is 15.4 Å². The first-order valence-corrected chi connectivity index (χ1v) is 10.1. The van der Waals surface area contributed by atoms with E-state index in [1.165, 1.54) is 6.92 Å². The Hall–Kier alpha value is -3.48. The van der Waals surface area contributed by atoms with Gasteiger partial charge in [0.15, 0.2) is 6.10 Å². The maximum atomic E-state index is 12.5. The van der Waals surface area contributed by atoms with Crippen molar-refractivity contribution in [2.45, 2.75) is 40.7 Å². The van der Waals surface area contributed by atoms with Crippen molar-refractivity contribution in [2.75, 3.05) is 11.9 Å². The largest absolute Gasteiger partial charge is 0.453 e. The minimum Gasteiger partial charge on any atom is -0.453 e. The highest BCUT2D eigenvalue weighted by Gasteiger charge is 2.20. The Morgan fingerprint density at radius 3 is 2.00 bits per heavy atom. The molecule has 7 nitrogen and oxygen atoms in total. The molecule has 2 amide bonds. The molecule has 0 radical (unpaired) electrons. The number of ketones is 1. The molecule has 31 heavy (non-hydrogen) atoms. The van der Waals surface area contributed by atoms with E-state index in [2.05, 4.69) is 10.6 Å². The molecule has 7 heteroatoms. The van der Waals surface area contributed by atoms with Crippen LogP contribution in [-0.4, -0.2) is 36.2 Å². The summed E-state index contributed by atoms with van der Waals surface area (Å²) in [4.78, 5) is 48.5. The number of aryl methyl sites for hydroxylation is 2. The lowest BCUT2D eigenvalue weighted by atomic mass is 10.1. The van der Waals surface area contributed by atoms with Crippen LogP contribution in [0.3, 0.4) is 0 Å². The molecule has 0 bridgehead atoms. The van der Waals surface area contributed by atoms with Gasteiger partial charge in [0.1, 0.15) is 6.54 Å². The van der Waals surface area contributed by atoms with Crippen molar-refractivity contribution in [1.82, 2.24) is 5.32 Å². The number of nitrogens with one attached hydrogen (secondary N) is 2. The van der Waals surface area contributed by atoms with Gasteiger partial charge in [0, 0.05) is 22.7 Å². The highest BCUT2D eigenvalue weighted by atomic mass is 16.5. The molecule has 0 aliphatic heterocycles. The standard InChI is InChI=1S/C24H28N2O5/c1-14(2)23(29)26-20-8-6-18(7-9-20)22(28)17(5)31-21(27)13-25-24(30)19-11-15(3)10-16(4)12-19/h6-12,14,17H,13H2,1-5H3,(H,25,30)(H,26,29). The zero-order valence-corrected chi connectivity index (χ0v) is 18.4. The Bertz CT molecular complexity index is 960. The number of carbonyl (C=O) groups is 4. The molecule has 2 aromatic rings. The fourth-order valence-corrected chi connectivity index (χ4v) is 2.89.